The summed E-state index contributed by atoms with van der Waals surface area (Å²) < 4.78 is 41.5. The second-order valence-corrected chi connectivity index (χ2v) is 9.25. The maximum absolute atomic E-state index is 13.6. The zero-order valence-corrected chi connectivity index (χ0v) is 17.7. The van der Waals surface area contributed by atoms with Crippen molar-refractivity contribution in [1.82, 2.24) is 10.0 Å². The van der Waals surface area contributed by atoms with Crippen LogP contribution in [0.2, 0.25) is 0 Å². The number of amides is 1. The van der Waals surface area contributed by atoms with Crippen LogP contribution in [0.1, 0.15) is 25.0 Å². The largest absolute Gasteiger partial charge is 0.465 e. The van der Waals surface area contributed by atoms with Crippen LogP contribution in [0.5, 0.6) is 0 Å². The molecule has 4 N–H and O–H groups in total. The number of sulfonamides is 1. The summed E-state index contributed by atoms with van der Waals surface area (Å²) in [6.07, 6.45) is -2.08. The third-order valence-electron chi connectivity index (χ3n) is 4.49. The van der Waals surface area contributed by atoms with Crippen molar-refractivity contribution < 1.29 is 27.8 Å². The molecule has 1 amide bonds. The smallest absolute Gasteiger partial charge is 0.404 e. The molecule has 2 rings (SSSR count). The van der Waals surface area contributed by atoms with Gasteiger partial charge in [-0.15, -0.1) is 0 Å². The van der Waals surface area contributed by atoms with E-state index in [4.69, 9.17) is 5.11 Å². The molecule has 2 aromatic rings. The Kier molecular flexibility index (Phi) is 8.33. The van der Waals surface area contributed by atoms with E-state index in [2.05, 4.69) is 10.0 Å². The number of carbonyl (C=O) groups is 1. The average molecular weight is 439 g/mol. The molecular formula is C21H27FN2O5S. The van der Waals surface area contributed by atoms with Gasteiger partial charge in [-0.3, -0.25) is 0 Å². The number of carboxylic acid groups (broad SMARTS) is 1. The SMILES string of the molecule is CC(C)Cc1cc(F)ccc1S(=O)(=O)NC[C@@H](O)[C@H](Cc1ccccc1)NC(=O)O. The van der Waals surface area contributed by atoms with Gasteiger partial charge in [0.2, 0.25) is 10.0 Å². The molecule has 0 aromatic heterocycles. The van der Waals surface area contributed by atoms with E-state index in [1.807, 2.05) is 19.9 Å². The molecule has 0 aliphatic heterocycles. The Morgan fingerprint density at radius 3 is 2.37 bits per heavy atom. The van der Waals surface area contributed by atoms with Gasteiger partial charge in [0.25, 0.3) is 0 Å². The summed E-state index contributed by atoms with van der Waals surface area (Å²) >= 11 is 0. The Labute approximate surface area is 176 Å². The third-order valence-corrected chi connectivity index (χ3v) is 6.02. The predicted octanol–water partition coefficient (Wildman–Crippen LogP) is 2.54. The molecule has 9 heteroatoms. The molecule has 0 saturated heterocycles. The van der Waals surface area contributed by atoms with Gasteiger partial charge >= 0.3 is 6.09 Å². The number of rotatable bonds is 10. The second-order valence-electron chi connectivity index (χ2n) is 7.51. The van der Waals surface area contributed by atoms with Gasteiger partial charge in [0.05, 0.1) is 17.0 Å². The number of hydrogen-bond acceptors (Lipinski definition) is 4. The van der Waals surface area contributed by atoms with Crippen LogP contribution in [0.3, 0.4) is 0 Å². The minimum Gasteiger partial charge on any atom is -0.465 e. The monoisotopic (exact) mass is 438 g/mol. The number of nitrogens with one attached hydrogen (secondary N) is 2. The Bertz CT molecular complexity index is 951. The second kappa shape index (κ2) is 10.5. The minimum absolute atomic E-state index is 0.0596. The van der Waals surface area contributed by atoms with E-state index in [1.54, 1.807) is 24.3 Å². The normalized spacial score (nSPS) is 13.8. The number of halogens is 1. The minimum atomic E-state index is -4.04. The number of benzene rings is 2. The summed E-state index contributed by atoms with van der Waals surface area (Å²) in [6, 6.07) is 11.5. The molecule has 0 unspecified atom stereocenters. The molecule has 164 valence electrons. The van der Waals surface area contributed by atoms with E-state index in [-0.39, 0.29) is 17.2 Å². The Morgan fingerprint density at radius 2 is 1.77 bits per heavy atom. The lowest BCUT2D eigenvalue weighted by Crippen LogP contribution is -2.49. The average Bonchev–Trinajstić information content (AvgIpc) is 2.65. The molecule has 0 aliphatic rings. The maximum atomic E-state index is 13.6. The highest BCUT2D eigenvalue weighted by molar-refractivity contribution is 7.89. The van der Waals surface area contributed by atoms with Crippen molar-refractivity contribution in [1.29, 1.82) is 0 Å². The quantitative estimate of drug-likeness (QED) is 0.455. The molecule has 2 atom stereocenters. The predicted molar refractivity (Wildman–Crippen MR) is 111 cm³/mol. The van der Waals surface area contributed by atoms with Crippen LogP contribution in [-0.4, -0.2) is 43.4 Å². The standard InChI is InChI=1S/C21H27FN2O5S/c1-14(2)10-16-12-17(22)8-9-20(16)30(28,29)23-13-19(25)18(24-21(26)27)11-15-6-4-3-5-7-15/h3-9,12,14,18-19,23-25H,10-11,13H2,1-2H3,(H,26,27)/t18-,19+/m0/s1. The molecule has 0 fully saturated rings. The highest BCUT2D eigenvalue weighted by Gasteiger charge is 2.25. The van der Waals surface area contributed by atoms with Gasteiger partial charge in [0.1, 0.15) is 5.82 Å². The topological polar surface area (TPSA) is 116 Å². The molecule has 2 aromatic carbocycles. The molecule has 0 heterocycles. The third kappa shape index (κ3) is 7.08. The molecule has 30 heavy (non-hydrogen) atoms. The molecule has 0 bridgehead atoms. The molecule has 7 nitrogen and oxygen atoms in total. The van der Waals surface area contributed by atoms with Gasteiger partial charge in [-0.1, -0.05) is 44.2 Å². The van der Waals surface area contributed by atoms with Crippen LogP contribution >= 0.6 is 0 Å². The van der Waals surface area contributed by atoms with E-state index in [0.29, 0.717) is 12.0 Å². The first-order chi connectivity index (χ1) is 14.1. The van der Waals surface area contributed by atoms with Crippen molar-refractivity contribution in [3.05, 3.63) is 65.5 Å². The summed E-state index contributed by atoms with van der Waals surface area (Å²) in [7, 11) is -4.04. The van der Waals surface area contributed by atoms with Crippen molar-refractivity contribution in [2.45, 2.75) is 43.7 Å². The van der Waals surface area contributed by atoms with Crippen molar-refractivity contribution in [2.24, 2.45) is 5.92 Å². The number of aliphatic hydroxyl groups is 1. The summed E-state index contributed by atoms with van der Waals surface area (Å²) in [4.78, 5) is 11.1. The van der Waals surface area contributed by atoms with Gasteiger partial charge in [0, 0.05) is 6.54 Å². The van der Waals surface area contributed by atoms with Crippen molar-refractivity contribution >= 4 is 16.1 Å². The van der Waals surface area contributed by atoms with Gasteiger partial charge in [-0.05, 0) is 48.1 Å². The van der Waals surface area contributed by atoms with E-state index in [0.717, 1.165) is 11.6 Å². The van der Waals surface area contributed by atoms with Crippen LogP contribution in [-0.2, 0) is 22.9 Å². The van der Waals surface area contributed by atoms with Gasteiger partial charge in [-0.2, -0.15) is 0 Å². The van der Waals surface area contributed by atoms with Gasteiger partial charge < -0.3 is 15.5 Å². The van der Waals surface area contributed by atoms with Crippen molar-refractivity contribution in [3.8, 4) is 0 Å². The highest BCUT2D eigenvalue weighted by atomic mass is 32.2. The van der Waals surface area contributed by atoms with Crippen LogP contribution in [0.4, 0.5) is 9.18 Å². The van der Waals surface area contributed by atoms with Gasteiger partial charge in [0.15, 0.2) is 0 Å². The van der Waals surface area contributed by atoms with E-state index >= 15 is 0 Å². The lowest BCUT2D eigenvalue weighted by molar-refractivity contribution is 0.122. The van der Waals surface area contributed by atoms with Crippen LogP contribution in [0, 0.1) is 11.7 Å². The molecular weight excluding hydrogens is 411 g/mol. The van der Waals surface area contributed by atoms with Crippen LogP contribution in [0.25, 0.3) is 0 Å². The van der Waals surface area contributed by atoms with E-state index in [1.165, 1.54) is 12.1 Å². The Balaban J connectivity index is 2.15. The highest BCUT2D eigenvalue weighted by Crippen LogP contribution is 2.20. The number of hydrogen-bond donors (Lipinski definition) is 4. The fourth-order valence-electron chi connectivity index (χ4n) is 3.13. The lowest BCUT2D eigenvalue weighted by Gasteiger charge is -2.23. The lowest BCUT2D eigenvalue weighted by atomic mass is 10.0. The zero-order valence-electron chi connectivity index (χ0n) is 16.9. The first kappa shape index (κ1) is 23.8. The fraction of sp³-hybridized carbons (Fsp3) is 0.381. The van der Waals surface area contributed by atoms with Crippen molar-refractivity contribution in [3.63, 3.8) is 0 Å². The van der Waals surface area contributed by atoms with Gasteiger partial charge in [-0.25, -0.2) is 22.3 Å². The number of aliphatic hydroxyl groups excluding tert-OH is 1. The maximum Gasteiger partial charge on any atom is 0.404 e. The summed E-state index contributed by atoms with van der Waals surface area (Å²) in [5.41, 5.74) is 1.13. The summed E-state index contributed by atoms with van der Waals surface area (Å²) in [5.74, 6) is -0.417. The summed E-state index contributed by atoms with van der Waals surface area (Å²) in [5, 5.41) is 21.8. The molecule has 0 spiro atoms. The molecule has 0 aliphatic carbocycles. The Morgan fingerprint density at radius 1 is 1.10 bits per heavy atom. The Hall–Kier alpha value is -2.49. The van der Waals surface area contributed by atoms with Crippen molar-refractivity contribution in [2.75, 3.05) is 6.54 Å². The molecule has 0 radical (unpaired) electrons. The van der Waals surface area contributed by atoms with E-state index in [9.17, 15) is 22.7 Å². The fourth-order valence-corrected chi connectivity index (χ4v) is 4.41. The van der Waals surface area contributed by atoms with Crippen LogP contribution < -0.4 is 10.0 Å². The summed E-state index contributed by atoms with van der Waals surface area (Å²) in [6.45, 7) is 3.38. The van der Waals surface area contributed by atoms with E-state index < -0.39 is 40.6 Å². The first-order valence-electron chi connectivity index (χ1n) is 9.58. The van der Waals surface area contributed by atoms with Crippen LogP contribution in [0.15, 0.2) is 53.4 Å². The first-order valence-corrected chi connectivity index (χ1v) is 11.1. The molecule has 0 saturated carbocycles. The zero-order chi connectivity index (χ0) is 22.3.